The number of aromatic amines is 1. The molecule has 3 aromatic heterocycles. The molecule has 4 aromatic rings. The van der Waals surface area contributed by atoms with Crippen molar-refractivity contribution in [2.24, 2.45) is 0 Å². The molecule has 0 unspecified atom stereocenters. The number of carbonyl (C=O) groups excluding carboxylic acids is 2. The SMILES string of the molecule is COc1cnc(-n2cnc(C)n2)c2[nH]cc(C(=O)C(=O)N3CCN(C(=N)c4ccccc4)CC3)c12. The number of pyridine rings is 1. The molecule has 4 heterocycles. The number of methoxy groups -OCH3 is 1. The number of piperazine rings is 1. The van der Waals surface area contributed by atoms with E-state index in [0.29, 0.717) is 60.3 Å². The third-order valence-corrected chi connectivity index (χ3v) is 6.07. The fourth-order valence-electron chi connectivity index (χ4n) is 4.23. The molecule has 0 saturated carbocycles. The van der Waals surface area contributed by atoms with Gasteiger partial charge in [0.05, 0.1) is 29.8 Å². The van der Waals surface area contributed by atoms with Crippen molar-refractivity contribution in [3.05, 3.63) is 66.0 Å². The van der Waals surface area contributed by atoms with Gasteiger partial charge in [0.1, 0.15) is 23.7 Å². The van der Waals surface area contributed by atoms with Gasteiger partial charge in [0.15, 0.2) is 5.82 Å². The second-order valence-electron chi connectivity index (χ2n) is 8.16. The lowest BCUT2D eigenvalue weighted by molar-refractivity contribution is -0.127. The number of amidine groups is 1. The fourth-order valence-corrected chi connectivity index (χ4v) is 4.23. The highest BCUT2D eigenvalue weighted by atomic mass is 16.5. The van der Waals surface area contributed by atoms with E-state index in [1.807, 2.05) is 35.2 Å². The fraction of sp³-hybridized carbons (Fsp3) is 0.250. The van der Waals surface area contributed by atoms with E-state index in [-0.39, 0.29) is 5.56 Å². The van der Waals surface area contributed by atoms with Crippen molar-refractivity contribution in [2.75, 3.05) is 33.3 Å². The summed E-state index contributed by atoms with van der Waals surface area (Å²) >= 11 is 0. The zero-order valence-electron chi connectivity index (χ0n) is 19.4. The van der Waals surface area contributed by atoms with Gasteiger partial charge in [0.2, 0.25) is 0 Å². The Morgan fingerprint density at radius 3 is 2.43 bits per heavy atom. The van der Waals surface area contributed by atoms with Crippen molar-refractivity contribution in [3.63, 3.8) is 0 Å². The number of aromatic nitrogens is 5. The van der Waals surface area contributed by atoms with E-state index in [0.717, 1.165) is 5.56 Å². The minimum Gasteiger partial charge on any atom is -0.494 e. The molecule has 1 saturated heterocycles. The van der Waals surface area contributed by atoms with Crippen LogP contribution in [0.4, 0.5) is 0 Å². The number of amides is 1. The summed E-state index contributed by atoms with van der Waals surface area (Å²) in [7, 11) is 1.49. The Labute approximate surface area is 200 Å². The number of hydrogen-bond acceptors (Lipinski definition) is 7. The lowest BCUT2D eigenvalue weighted by Gasteiger charge is -2.35. The monoisotopic (exact) mass is 472 g/mol. The Bertz CT molecular complexity index is 1420. The van der Waals surface area contributed by atoms with E-state index >= 15 is 0 Å². The highest BCUT2D eigenvalue weighted by Crippen LogP contribution is 2.31. The summed E-state index contributed by atoms with van der Waals surface area (Å²) in [5, 5.41) is 13.2. The third kappa shape index (κ3) is 4.01. The first-order valence-corrected chi connectivity index (χ1v) is 11.1. The van der Waals surface area contributed by atoms with Gasteiger partial charge in [-0.3, -0.25) is 15.0 Å². The Hall–Kier alpha value is -4.54. The first kappa shape index (κ1) is 22.3. The lowest BCUT2D eigenvalue weighted by Crippen LogP contribution is -2.52. The standard InChI is InChI=1S/C24H24N8O3/c1-15-28-14-32(29-15)23-20-19(18(35-2)13-27-23)17(12-26-20)21(33)24(34)31-10-8-30(9-11-31)22(25)16-6-4-3-5-7-16/h3-7,12-14,25-26H,8-11H2,1-2H3. The van der Waals surface area contributed by atoms with Gasteiger partial charge in [-0.05, 0) is 6.92 Å². The molecule has 11 nitrogen and oxygen atoms in total. The normalized spacial score (nSPS) is 13.8. The summed E-state index contributed by atoms with van der Waals surface area (Å²) in [5.74, 6) is 0.587. The van der Waals surface area contributed by atoms with Crippen LogP contribution in [0.3, 0.4) is 0 Å². The molecule has 0 radical (unpaired) electrons. The van der Waals surface area contributed by atoms with Crippen LogP contribution >= 0.6 is 0 Å². The summed E-state index contributed by atoms with van der Waals surface area (Å²) in [6.45, 7) is 3.42. The van der Waals surface area contributed by atoms with E-state index in [1.165, 1.54) is 35.4 Å². The molecular weight excluding hydrogens is 448 g/mol. The molecule has 11 heteroatoms. The maximum absolute atomic E-state index is 13.3. The van der Waals surface area contributed by atoms with Crippen molar-refractivity contribution in [2.45, 2.75) is 6.92 Å². The van der Waals surface area contributed by atoms with Gasteiger partial charge in [-0.15, -0.1) is 0 Å². The highest BCUT2D eigenvalue weighted by Gasteiger charge is 2.31. The van der Waals surface area contributed by atoms with Crippen LogP contribution in [0.2, 0.25) is 0 Å². The molecule has 1 fully saturated rings. The number of nitrogens with zero attached hydrogens (tertiary/aromatic N) is 6. The molecule has 1 amide bonds. The number of nitrogens with one attached hydrogen (secondary N) is 2. The number of H-pyrrole nitrogens is 1. The molecule has 0 aliphatic carbocycles. The Morgan fingerprint density at radius 1 is 1.06 bits per heavy atom. The molecule has 5 rings (SSSR count). The number of carbonyl (C=O) groups is 2. The van der Waals surface area contributed by atoms with Crippen molar-refractivity contribution in [3.8, 4) is 11.6 Å². The quantitative estimate of drug-likeness (QED) is 0.196. The van der Waals surface area contributed by atoms with Gasteiger partial charge in [-0.2, -0.15) is 5.10 Å². The van der Waals surface area contributed by atoms with E-state index in [2.05, 4.69) is 20.1 Å². The summed E-state index contributed by atoms with van der Waals surface area (Å²) in [4.78, 5) is 41.5. The third-order valence-electron chi connectivity index (χ3n) is 6.07. The first-order chi connectivity index (χ1) is 17.0. The minimum atomic E-state index is -0.631. The van der Waals surface area contributed by atoms with Crippen molar-refractivity contribution < 1.29 is 14.3 Å². The molecule has 1 aromatic carbocycles. The number of fused-ring (bicyclic) bond motifs is 1. The predicted octanol–water partition coefficient (Wildman–Crippen LogP) is 1.81. The predicted molar refractivity (Wildman–Crippen MR) is 128 cm³/mol. The van der Waals surface area contributed by atoms with Gasteiger partial charge < -0.3 is 19.5 Å². The first-order valence-electron chi connectivity index (χ1n) is 11.1. The van der Waals surface area contributed by atoms with E-state index in [4.69, 9.17) is 10.1 Å². The smallest absolute Gasteiger partial charge is 0.295 e. The molecular formula is C24H24N8O3. The number of ether oxygens (including phenoxy) is 1. The number of aryl methyl sites for hydroxylation is 1. The average Bonchev–Trinajstić information content (AvgIpc) is 3.54. The van der Waals surface area contributed by atoms with Crippen LogP contribution in [0.25, 0.3) is 16.7 Å². The number of benzene rings is 1. The van der Waals surface area contributed by atoms with Gasteiger partial charge >= 0.3 is 0 Å². The average molecular weight is 473 g/mol. The van der Waals surface area contributed by atoms with Crippen LogP contribution in [0.1, 0.15) is 21.7 Å². The molecule has 0 bridgehead atoms. The topological polar surface area (TPSA) is 133 Å². The van der Waals surface area contributed by atoms with Crippen molar-refractivity contribution >= 4 is 28.4 Å². The van der Waals surface area contributed by atoms with Crippen molar-refractivity contribution in [1.82, 2.24) is 34.5 Å². The zero-order valence-corrected chi connectivity index (χ0v) is 19.4. The number of Topliss-reactive ketones (excluding diaryl/α,β-unsaturated/α-hetero) is 1. The molecule has 1 aliphatic rings. The Morgan fingerprint density at radius 2 is 1.77 bits per heavy atom. The van der Waals surface area contributed by atoms with Gasteiger partial charge in [0.25, 0.3) is 11.7 Å². The second kappa shape index (κ2) is 9.01. The van der Waals surface area contributed by atoms with Crippen LogP contribution in [-0.4, -0.2) is 85.3 Å². The summed E-state index contributed by atoms with van der Waals surface area (Å²) < 4.78 is 6.95. The molecule has 0 spiro atoms. The zero-order chi connectivity index (χ0) is 24.5. The lowest BCUT2D eigenvalue weighted by atomic mass is 10.1. The molecule has 0 atom stereocenters. The molecule has 2 N–H and O–H groups in total. The Kier molecular flexibility index (Phi) is 5.73. The van der Waals surface area contributed by atoms with Crippen LogP contribution < -0.4 is 4.74 Å². The van der Waals surface area contributed by atoms with E-state index < -0.39 is 11.7 Å². The van der Waals surface area contributed by atoms with Crippen LogP contribution in [0.15, 0.2) is 49.1 Å². The second-order valence-corrected chi connectivity index (χ2v) is 8.16. The van der Waals surface area contributed by atoms with E-state index in [9.17, 15) is 9.59 Å². The highest BCUT2D eigenvalue weighted by molar-refractivity contribution is 6.45. The number of ketones is 1. The van der Waals surface area contributed by atoms with Crippen molar-refractivity contribution in [1.29, 1.82) is 5.41 Å². The van der Waals surface area contributed by atoms with Gasteiger partial charge in [0, 0.05) is 37.9 Å². The summed E-state index contributed by atoms with van der Waals surface area (Å²) in [5.41, 5.74) is 1.55. The minimum absolute atomic E-state index is 0.210. The number of hydrogen-bond donors (Lipinski definition) is 2. The molecule has 1 aliphatic heterocycles. The molecule has 35 heavy (non-hydrogen) atoms. The maximum atomic E-state index is 13.3. The summed E-state index contributed by atoms with van der Waals surface area (Å²) in [6, 6.07) is 9.46. The maximum Gasteiger partial charge on any atom is 0.295 e. The Balaban J connectivity index is 1.37. The van der Waals surface area contributed by atoms with Gasteiger partial charge in [-0.25, -0.2) is 14.6 Å². The van der Waals surface area contributed by atoms with E-state index in [1.54, 1.807) is 6.92 Å². The van der Waals surface area contributed by atoms with Gasteiger partial charge in [-0.1, -0.05) is 30.3 Å². The van der Waals surface area contributed by atoms with Crippen LogP contribution in [0.5, 0.6) is 5.75 Å². The molecule has 178 valence electrons. The summed E-state index contributed by atoms with van der Waals surface area (Å²) in [6.07, 6.45) is 4.53. The largest absolute Gasteiger partial charge is 0.494 e. The van der Waals surface area contributed by atoms with Crippen LogP contribution in [-0.2, 0) is 4.79 Å². The number of rotatable bonds is 5. The van der Waals surface area contributed by atoms with Crippen LogP contribution in [0, 0.1) is 12.3 Å².